The van der Waals surface area contributed by atoms with Gasteiger partial charge in [-0.3, -0.25) is 9.59 Å². The van der Waals surface area contributed by atoms with Crippen LogP contribution in [0.15, 0.2) is 48.5 Å². The summed E-state index contributed by atoms with van der Waals surface area (Å²) in [5.41, 5.74) is 2.84. The molecule has 2 aromatic carbocycles. The first-order valence-corrected chi connectivity index (χ1v) is 8.82. The van der Waals surface area contributed by atoms with Gasteiger partial charge in [0.1, 0.15) is 0 Å². The highest BCUT2D eigenvalue weighted by Crippen LogP contribution is 2.17. The van der Waals surface area contributed by atoms with Crippen LogP contribution in [0.1, 0.15) is 24.1 Å². The summed E-state index contributed by atoms with van der Waals surface area (Å²) in [6, 6.07) is 15.0. The summed E-state index contributed by atoms with van der Waals surface area (Å²) in [7, 11) is 1.61. The number of benzene rings is 2. The predicted octanol–water partition coefficient (Wildman–Crippen LogP) is 3.40. The fraction of sp³-hybridized carbons (Fsp3) is 0.300. The van der Waals surface area contributed by atoms with Crippen molar-refractivity contribution in [2.45, 2.75) is 19.9 Å². The second-order valence-corrected chi connectivity index (χ2v) is 6.76. The van der Waals surface area contributed by atoms with Gasteiger partial charge in [0.15, 0.2) is 0 Å². The molecule has 0 aromatic heterocycles. The monoisotopic (exact) mass is 373 g/mol. The number of nitrogens with zero attached hydrogens (tertiary/aromatic N) is 1. The number of carbonyl (C=O) groups is 2. The molecule has 2 N–H and O–H groups in total. The predicted molar refractivity (Wildman–Crippen MR) is 105 cm³/mol. The number of carbonyl (C=O) groups excluding carboxylic acids is 2. The topological polar surface area (TPSA) is 61.4 Å². The molecule has 6 heteroatoms. The molecule has 0 unspecified atom stereocenters. The van der Waals surface area contributed by atoms with Crippen LogP contribution < -0.4 is 10.6 Å². The van der Waals surface area contributed by atoms with Gasteiger partial charge in [0.2, 0.25) is 11.8 Å². The molecule has 1 atom stereocenters. The third kappa shape index (κ3) is 6.17. The maximum atomic E-state index is 12.2. The van der Waals surface area contributed by atoms with Gasteiger partial charge in [0.05, 0.1) is 13.1 Å². The van der Waals surface area contributed by atoms with Crippen LogP contribution in [-0.2, 0) is 9.59 Å². The highest BCUT2D eigenvalue weighted by atomic mass is 35.5. The zero-order chi connectivity index (χ0) is 19.1. The molecule has 26 heavy (non-hydrogen) atoms. The summed E-state index contributed by atoms with van der Waals surface area (Å²) >= 11 is 5.99. The molecule has 0 bridgehead atoms. The average molecular weight is 374 g/mol. The molecule has 2 amide bonds. The molecule has 0 aliphatic rings. The number of nitrogens with one attached hydrogen (secondary N) is 2. The van der Waals surface area contributed by atoms with Crippen molar-refractivity contribution in [3.05, 3.63) is 64.7 Å². The Morgan fingerprint density at radius 2 is 1.85 bits per heavy atom. The van der Waals surface area contributed by atoms with Crippen LogP contribution in [-0.4, -0.2) is 36.9 Å². The standard InChI is InChI=1S/C20H24ClN3O2/c1-14-7-9-18(10-8-14)23-19(25)13-24(3)20(26)12-22-15(2)16-5-4-6-17(21)11-16/h4-11,15,22H,12-13H2,1-3H3,(H,23,25)/t15-/m0/s1. The highest BCUT2D eigenvalue weighted by Gasteiger charge is 2.14. The summed E-state index contributed by atoms with van der Waals surface area (Å²) < 4.78 is 0. The molecule has 0 radical (unpaired) electrons. The SMILES string of the molecule is Cc1ccc(NC(=O)CN(C)C(=O)CN[C@@H](C)c2cccc(Cl)c2)cc1. The molecule has 5 nitrogen and oxygen atoms in total. The summed E-state index contributed by atoms with van der Waals surface area (Å²) in [5.74, 6) is -0.384. The number of amides is 2. The van der Waals surface area contributed by atoms with E-state index in [4.69, 9.17) is 11.6 Å². The normalized spacial score (nSPS) is 11.7. The minimum absolute atomic E-state index is 0.0000636. The third-order valence-corrected chi connectivity index (χ3v) is 4.29. The van der Waals surface area contributed by atoms with E-state index in [1.165, 1.54) is 4.90 Å². The summed E-state index contributed by atoms with van der Waals surface area (Å²) in [4.78, 5) is 25.7. The Morgan fingerprint density at radius 3 is 2.50 bits per heavy atom. The van der Waals surface area contributed by atoms with Crippen molar-refractivity contribution < 1.29 is 9.59 Å². The van der Waals surface area contributed by atoms with Crippen LogP contribution in [0, 0.1) is 6.92 Å². The Balaban J connectivity index is 1.79. The number of rotatable bonds is 7. The maximum Gasteiger partial charge on any atom is 0.243 e. The second-order valence-electron chi connectivity index (χ2n) is 6.32. The summed E-state index contributed by atoms with van der Waals surface area (Å²) in [5, 5.41) is 6.60. The number of hydrogen-bond donors (Lipinski definition) is 2. The molecule has 0 spiro atoms. The Hall–Kier alpha value is -2.37. The van der Waals surface area contributed by atoms with Gasteiger partial charge in [0.25, 0.3) is 0 Å². The third-order valence-electron chi connectivity index (χ3n) is 4.05. The zero-order valence-corrected chi connectivity index (χ0v) is 16.0. The van der Waals surface area contributed by atoms with E-state index in [1.54, 1.807) is 7.05 Å². The van der Waals surface area contributed by atoms with Crippen LogP contribution in [0.4, 0.5) is 5.69 Å². The van der Waals surface area contributed by atoms with Crippen molar-refractivity contribution in [2.75, 3.05) is 25.5 Å². The molecule has 2 rings (SSSR count). The lowest BCUT2D eigenvalue weighted by Crippen LogP contribution is -2.40. The van der Waals surface area contributed by atoms with E-state index in [0.717, 1.165) is 11.1 Å². The Labute approximate surface area is 159 Å². The first-order valence-electron chi connectivity index (χ1n) is 8.44. The molecule has 0 aliphatic heterocycles. The van der Waals surface area contributed by atoms with Crippen molar-refractivity contribution in [3.8, 4) is 0 Å². The molecule has 0 aliphatic carbocycles. The molecule has 2 aromatic rings. The Bertz CT molecular complexity index is 762. The van der Waals surface area contributed by atoms with E-state index in [2.05, 4.69) is 10.6 Å². The van der Waals surface area contributed by atoms with Gasteiger partial charge < -0.3 is 15.5 Å². The fourth-order valence-electron chi connectivity index (χ4n) is 2.41. The van der Waals surface area contributed by atoms with Crippen LogP contribution in [0.25, 0.3) is 0 Å². The lowest BCUT2D eigenvalue weighted by molar-refractivity contribution is -0.132. The minimum Gasteiger partial charge on any atom is -0.335 e. The van der Waals surface area contributed by atoms with Crippen molar-refractivity contribution >= 4 is 29.1 Å². The van der Waals surface area contributed by atoms with Gasteiger partial charge in [-0.2, -0.15) is 0 Å². The average Bonchev–Trinajstić information content (AvgIpc) is 2.61. The summed E-state index contributed by atoms with van der Waals surface area (Å²) in [6.07, 6.45) is 0. The van der Waals surface area contributed by atoms with Gasteiger partial charge in [-0.1, -0.05) is 41.4 Å². The highest BCUT2D eigenvalue weighted by molar-refractivity contribution is 6.30. The van der Waals surface area contributed by atoms with Crippen molar-refractivity contribution in [3.63, 3.8) is 0 Å². The molecule has 138 valence electrons. The van der Waals surface area contributed by atoms with Gasteiger partial charge in [0, 0.05) is 23.8 Å². The molecular weight excluding hydrogens is 350 g/mol. The quantitative estimate of drug-likeness (QED) is 0.782. The number of hydrogen-bond acceptors (Lipinski definition) is 3. The van der Waals surface area contributed by atoms with Crippen molar-refractivity contribution in [1.82, 2.24) is 10.2 Å². The van der Waals surface area contributed by atoms with Crippen LogP contribution >= 0.6 is 11.6 Å². The first-order chi connectivity index (χ1) is 12.3. The number of halogens is 1. The molecule has 0 fully saturated rings. The molecular formula is C20H24ClN3O2. The first kappa shape index (κ1) is 19.9. The van der Waals surface area contributed by atoms with Gasteiger partial charge in [-0.15, -0.1) is 0 Å². The van der Waals surface area contributed by atoms with Crippen molar-refractivity contribution in [1.29, 1.82) is 0 Å². The van der Waals surface area contributed by atoms with Gasteiger partial charge in [-0.05, 0) is 43.7 Å². The number of likely N-dealkylation sites (N-methyl/N-ethyl adjacent to an activating group) is 1. The Kier molecular flexibility index (Phi) is 7.18. The van der Waals surface area contributed by atoms with E-state index in [9.17, 15) is 9.59 Å². The summed E-state index contributed by atoms with van der Waals surface area (Å²) in [6.45, 7) is 4.08. The van der Waals surface area contributed by atoms with E-state index in [0.29, 0.717) is 10.7 Å². The van der Waals surface area contributed by atoms with Gasteiger partial charge >= 0.3 is 0 Å². The second kappa shape index (κ2) is 9.36. The smallest absolute Gasteiger partial charge is 0.243 e. The van der Waals surface area contributed by atoms with E-state index >= 15 is 0 Å². The maximum absolute atomic E-state index is 12.2. The van der Waals surface area contributed by atoms with Crippen LogP contribution in [0.3, 0.4) is 0 Å². The largest absolute Gasteiger partial charge is 0.335 e. The number of anilines is 1. The zero-order valence-electron chi connectivity index (χ0n) is 15.3. The molecule has 0 heterocycles. The lowest BCUT2D eigenvalue weighted by Gasteiger charge is -2.19. The Morgan fingerprint density at radius 1 is 1.15 bits per heavy atom. The van der Waals surface area contributed by atoms with Gasteiger partial charge in [-0.25, -0.2) is 0 Å². The van der Waals surface area contributed by atoms with Crippen LogP contribution in [0.5, 0.6) is 0 Å². The van der Waals surface area contributed by atoms with Crippen LogP contribution in [0.2, 0.25) is 5.02 Å². The number of aryl methyl sites for hydroxylation is 1. The van der Waals surface area contributed by atoms with E-state index in [1.807, 2.05) is 62.4 Å². The van der Waals surface area contributed by atoms with E-state index < -0.39 is 0 Å². The fourth-order valence-corrected chi connectivity index (χ4v) is 2.61. The lowest BCUT2D eigenvalue weighted by atomic mass is 10.1. The van der Waals surface area contributed by atoms with Crippen molar-refractivity contribution in [2.24, 2.45) is 0 Å². The molecule has 0 saturated heterocycles. The van der Waals surface area contributed by atoms with E-state index in [-0.39, 0.29) is 30.9 Å². The molecule has 0 saturated carbocycles. The minimum atomic E-state index is -0.229.